The summed E-state index contributed by atoms with van der Waals surface area (Å²) in [7, 11) is -3.82. The minimum atomic E-state index is -3.82. The first-order valence-corrected chi connectivity index (χ1v) is 11.2. The first-order chi connectivity index (χ1) is 14.6. The summed E-state index contributed by atoms with van der Waals surface area (Å²) >= 11 is 0. The number of nitrogens with one attached hydrogen (secondary N) is 2. The molecule has 2 N–H and O–H groups in total. The summed E-state index contributed by atoms with van der Waals surface area (Å²) < 4.78 is 30.8. The maximum atomic E-state index is 12.8. The van der Waals surface area contributed by atoms with Crippen LogP contribution in [0.1, 0.15) is 45.3 Å². The number of sulfonamides is 1. The number of amides is 1. The Hall–Kier alpha value is -3.39. The maximum absolute atomic E-state index is 12.8. The lowest BCUT2D eigenvalue weighted by atomic mass is 10.1. The molecule has 0 aliphatic carbocycles. The molecular formula is C23H25N3O4S. The summed E-state index contributed by atoms with van der Waals surface area (Å²) in [4.78, 5) is 14.9. The quantitative estimate of drug-likeness (QED) is 0.437. The van der Waals surface area contributed by atoms with Crippen LogP contribution in [0.2, 0.25) is 0 Å². The van der Waals surface area contributed by atoms with Gasteiger partial charge in [-0.2, -0.15) is 18.4 Å². The Morgan fingerprint density at radius 1 is 1.00 bits per heavy atom. The highest BCUT2D eigenvalue weighted by Gasteiger charge is 2.19. The minimum absolute atomic E-state index is 0.228. The van der Waals surface area contributed by atoms with Crippen LogP contribution in [0.25, 0.3) is 0 Å². The molecule has 7 nitrogen and oxygen atoms in total. The van der Waals surface area contributed by atoms with E-state index in [-0.39, 0.29) is 10.8 Å². The smallest absolute Gasteiger partial charge is 0.277 e. The predicted molar refractivity (Wildman–Crippen MR) is 121 cm³/mol. The summed E-state index contributed by atoms with van der Waals surface area (Å²) in [6.07, 6.45) is 1.46. The van der Waals surface area contributed by atoms with Gasteiger partial charge in [0.15, 0.2) is 0 Å². The third-order valence-corrected chi connectivity index (χ3v) is 6.36. The highest BCUT2D eigenvalue weighted by Crippen LogP contribution is 2.22. The molecule has 0 spiro atoms. The predicted octanol–water partition coefficient (Wildman–Crippen LogP) is 4.47. The van der Waals surface area contributed by atoms with Crippen LogP contribution < -0.4 is 10.1 Å². The molecule has 1 aromatic heterocycles. The van der Waals surface area contributed by atoms with Crippen LogP contribution in [0.15, 0.2) is 63.1 Å². The van der Waals surface area contributed by atoms with Crippen molar-refractivity contribution in [3.05, 3.63) is 82.3 Å². The fourth-order valence-electron chi connectivity index (χ4n) is 3.47. The molecule has 0 saturated heterocycles. The molecule has 0 aliphatic heterocycles. The van der Waals surface area contributed by atoms with Crippen LogP contribution in [0.5, 0.6) is 0 Å². The molecule has 0 saturated carbocycles. The largest absolute Gasteiger partial charge is 0.469 e. The Kier molecular flexibility index (Phi) is 6.31. The number of furan rings is 1. The van der Waals surface area contributed by atoms with Gasteiger partial charge in [0.2, 0.25) is 0 Å². The van der Waals surface area contributed by atoms with E-state index >= 15 is 0 Å². The van der Waals surface area contributed by atoms with Crippen molar-refractivity contribution in [1.82, 2.24) is 4.83 Å². The molecule has 0 bridgehead atoms. The second kappa shape index (κ2) is 8.77. The number of aryl methyl sites for hydroxylation is 4. The van der Waals surface area contributed by atoms with Gasteiger partial charge in [0.25, 0.3) is 15.9 Å². The van der Waals surface area contributed by atoms with Crippen LogP contribution in [0.4, 0.5) is 5.69 Å². The fourth-order valence-corrected chi connectivity index (χ4v) is 4.78. The zero-order valence-corrected chi connectivity index (χ0v) is 18.9. The molecule has 162 valence electrons. The van der Waals surface area contributed by atoms with Crippen LogP contribution in [0.3, 0.4) is 0 Å². The van der Waals surface area contributed by atoms with Crippen LogP contribution >= 0.6 is 0 Å². The van der Waals surface area contributed by atoms with E-state index in [2.05, 4.69) is 15.2 Å². The zero-order valence-electron chi connectivity index (χ0n) is 18.1. The van der Waals surface area contributed by atoms with Gasteiger partial charge < -0.3 is 9.73 Å². The molecule has 2 aromatic carbocycles. The number of carbonyl (C=O) groups is 1. The first-order valence-electron chi connectivity index (χ1n) is 9.68. The zero-order chi connectivity index (χ0) is 22.8. The van der Waals surface area contributed by atoms with Gasteiger partial charge in [0.1, 0.15) is 5.76 Å². The highest BCUT2D eigenvalue weighted by molar-refractivity contribution is 7.89. The van der Waals surface area contributed by atoms with E-state index in [4.69, 9.17) is 4.42 Å². The number of nitrogens with zero attached hydrogens (tertiary/aromatic N) is 1. The van der Waals surface area contributed by atoms with E-state index in [1.807, 2.05) is 19.1 Å². The molecule has 3 aromatic rings. The lowest BCUT2D eigenvalue weighted by molar-refractivity contribution is 0.102. The normalized spacial score (nSPS) is 12.0. The van der Waals surface area contributed by atoms with Crippen molar-refractivity contribution >= 4 is 27.3 Å². The summed E-state index contributed by atoms with van der Waals surface area (Å²) in [5.74, 6) is 0.242. The SMILES string of the molecule is CC(=NNS(=O)(=O)c1c(C)cc(C)cc1C)c1cccc(NC(=O)c2ccoc2C)c1. The van der Waals surface area contributed by atoms with Gasteiger partial charge in [-0.3, -0.25) is 4.79 Å². The first kappa shape index (κ1) is 22.3. The third kappa shape index (κ3) is 5.03. The Morgan fingerprint density at radius 2 is 1.68 bits per heavy atom. The van der Waals surface area contributed by atoms with Gasteiger partial charge >= 0.3 is 0 Å². The lowest BCUT2D eigenvalue weighted by Crippen LogP contribution is -2.22. The number of hydrazone groups is 1. The molecule has 31 heavy (non-hydrogen) atoms. The van der Waals surface area contributed by atoms with Gasteiger partial charge in [0, 0.05) is 5.69 Å². The Morgan fingerprint density at radius 3 is 2.29 bits per heavy atom. The second-order valence-corrected chi connectivity index (χ2v) is 9.04. The molecule has 3 rings (SSSR count). The maximum Gasteiger partial charge on any atom is 0.277 e. The lowest BCUT2D eigenvalue weighted by Gasteiger charge is -2.12. The van der Waals surface area contributed by atoms with E-state index in [0.29, 0.717) is 39.4 Å². The third-order valence-electron chi connectivity index (χ3n) is 4.85. The number of anilines is 1. The topological polar surface area (TPSA) is 101 Å². The van der Waals surface area contributed by atoms with Crippen molar-refractivity contribution in [1.29, 1.82) is 0 Å². The molecule has 0 aliphatic rings. The van der Waals surface area contributed by atoms with Crippen molar-refractivity contribution in [3.63, 3.8) is 0 Å². The molecular weight excluding hydrogens is 414 g/mol. The van der Waals surface area contributed by atoms with Crippen LogP contribution in [0, 0.1) is 27.7 Å². The fraction of sp³-hybridized carbons (Fsp3) is 0.217. The number of carbonyl (C=O) groups excluding carboxylic acids is 1. The van der Waals surface area contributed by atoms with Gasteiger partial charge in [-0.25, -0.2) is 0 Å². The van der Waals surface area contributed by atoms with E-state index in [1.165, 1.54) is 6.26 Å². The second-order valence-electron chi connectivity index (χ2n) is 7.45. The van der Waals surface area contributed by atoms with Crippen molar-refractivity contribution in [2.75, 3.05) is 5.32 Å². The van der Waals surface area contributed by atoms with Gasteiger partial charge in [-0.05, 0) is 69.5 Å². The van der Waals surface area contributed by atoms with E-state index in [9.17, 15) is 13.2 Å². The standard InChI is InChI=1S/C23H25N3O4S/c1-14-11-15(2)22(16(3)12-14)31(28,29)26-25-17(4)19-7-6-8-20(13-19)24-23(27)21-9-10-30-18(21)5/h6-13,26H,1-5H3,(H,24,27). The minimum Gasteiger partial charge on any atom is -0.469 e. The molecule has 1 amide bonds. The highest BCUT2D eigenvalue weighted by atomic mass is 32.2. The Labute approximate surface area is 182 Å². The van der Waals surface area contributed by atoms with E-state index < -0.39 is 10.0 Å². The van der Waals surface area contributed by atoms with Crippen molar-refractivity contribution in [2.45, 2.75) is 39.5 Å². The molecule has 0 unspecified atom stereocenters. The van der Waals surface area contributed by atoms with Gasteiger partial charge in [-0.15, -0.1) is 0 Å². The summed E-state index contributed by atoms with van der Waals surface area (Å²) in [5.41, 5.74) is 4.47. The number of hydrogen-bond acceptors (Lipinski definition) is 5. The molecule has 0 atom stereocenters. The summed E-state index contributed by atoms with van der Waals surface area (Å²) in [6.45, 7) is 8.86. The average Bonchev–Trinajstić information content (AvgIpc) is 3.11. The summed E-state index contributed by atoms with van der Waals surface area (Å²) in [6, 6.07) is 12.3. The monoisotopic (exact) mass is 439 g/mol. The summed E-state index contributed by atoms with van der Waals surface area (Å²) in [5, 5.41) is 6.89. The van der Waals surface area contributed by atoms with Crippen molar-refractivity contribution in [3.8, 4) is 0 Å². The Bertz CT molecular complexity index is 1250. The van der Waals surface area contributed by atoms with E-state index in [1.54, 1.807) is 58.0 Å². The number of rotatable bonds is 6. The van der Waals surface area contributed by atoms with Crippen LogP contribution in [-0.4, -0.2) is 20.0 Å². The molecule has 8 heteroatoms. The number of hydrogen-bond donors (Lipinski definition) is 2. The molecule has 0 radical (unpaired) electrons. The molecule has 0 fully saturated rings. The van der Waals surface area contributed by atoms with Crippen molar-refractivity contribution < 1.29 is 17.6 Å². The Balaban J connectivity index is 1.80. The number of benzene rings is 2. The van der Waals surface area contributed by atoms with Crippen LogP contribution in [-0.2, 0) is 10.0 Å². The average molecular weight is 440 g/mol. The van der Waals surface area contributed by atoms with E-state index in [0.717, 1.165) is 5.56 Å². The van der Waals surface area contributed by atoms with Gasteiger partial charge in [-0.1, -0.05) is 29.8 Å². The van der Waals surface area contributed by atoms with Gasteiger partial charge in [0.05, 0.1) is 22.4 Å². The van der Waals surface area contributed by atoms with Crippen molar-refractivity contribution in [2.24, 2.45) is 5.10 Å². The molecule has 1 heterocycles.